The van der Waals surface area contributed by atoms with Gasteiger partial charge >= 0.3 is 0 Å². The second kappa shape index (κ2) is 7.41. The van der Waals surface area contributed by atoms with Gasteiger partial charge in [-0.15, -0.1) is 0 Å². The second-order valence-corrected chi connectivity index (χ2v) is 5.88. The molecule has 1 aromatic carbocycles. The Balaban J connectivity index is 2.13. The summed E-state index contributed by atoms with van der Waals surface area (Å²) in [6.07, 6.45) is 2.63. The van der Waals surface area contributed by atoms with Crippen molar-refractivity contribution < 1.29 is 0 Å². The van der Waals surface area contributed by atoms with E-state index in [1.807, 2.05) is 0 Å². The predicted molar refractivity (Wildman–Crippen MR) is 91.7 cm³/mol. The first-order chi connectivity index (χ1) is 10.1. The molecule has 2 N–H and O–H groups in total. The van der Waals surface area contributed by atoms with Gasteiger partial charge in [0.2, 0.25) is 0 Å². The second-order valence-electron chi connectivity index (χ2n) is 5.09. The Morgan fingerprint density at radius 1 is 1.14 bits per heavy atom. The van der Waals surface area contributed by atoms with E-state index in [1.54, 1.807) is 6.33 Å². The molecule has 0 aliphatic heterocycles. The van der Waals surface area contributed by atoms with Crippen LogP contribution in [0.4, 0.5) is 11.6 Å². The highest BCUT2D eigenvalue weighted by atomic mass is 79.9. The molecule has 1 aromatic heterocycles. The molecule has 0 fully saturated rings. The molecule has 0 amide bonds. The van der Waals surface area contributed by atoms with Gasteiger partial charge in [-0.2, -0.15) is 0 Å². The minimum atomic E-state index is 0.177. The molecule has 0 bridgehead atoms. The van der Waals surface area contributed by atoms with Gasteiger partial charge in [0.05, 0.1) is 0 Å². The van der Waals surface area contributed by atoms with E-state index in [-0.39, 0.29) is 6.04 Å². The number of hydrogen-bond donors (Lipinski definition) is 2. The molecular weight excluding hydrogens is 328 g/mol. The Morgan fingerprint density at radius 2 is 1.81 bits per heavy atom. The quantitative estimate of drug-likeness (QED) is 0.804. The van der Waals surface area contributed by atoms with Gasteiger partial charge in [0.1, 0.15) is 22.4 Å². The van der Waals surface area contributed by atoms with Crippen LogP contribution in [0, 0.1) is 6.92 Å². The molecule has 1 unspecified atom stereocenters. The van der Waals surface area contributed by atoms with Gasteiger partial charge in [0.25, 0.3) is 0 Å². The largest absolute Gasteiger partial charge is 0.369 e. The average Bonchev–Trinajstić information content (AvgIpc) is 2.49. The van der Waals surface area contributed by atoms with Crippen molar-refractivity contribution in [1.29, 1.82) is 0 Å². The molecule has 21 heavy (non-hydrogen) atoms. The normalized spacial score (nSPS) is 12.0. The van der Waals surface area contributed by atoms with Crippen LogP contribution in [-0.2, 0) is 0 Å². The van der Waals surface area contributed by atoms with Gasteiger partial charge < -0.3 is 10.6 Å². The van der Waals surface area contributed by atoms with Crippen LogP contribution in [0.2, 0.25) is 0 Å². The Kier molecular flexibility index (Phi) is 5.56. The summed E-state index contributed by atoms with van der Waals surface area (Å²) in [4.78, 5) is 8.58. The average molecular weight is 349 g/mol. The number of nitrogens with one attached hydrogen (secondary N) is 2. The maximum Gasteiger partial charge on any atom is 0.146 e. The van der Waals surface area contributed by atoms with E-state index in [1.165, 1.54) is 11.1 Å². The van der Waals surface area contributed by atoms with Crippen LogP contribution >= 0.6 is 15.9 Å². The summed E-state index contributed by atoms with van der Waals surface area (Å²) in [5.74, 6) is 1.63. The predicted octanol–water partition coefficient (Wildman–Crippen LogP) is 4.54. The fraction of sp³-hybridized carbons (Fsp3) is 0.375. The molecule has 0 aliphatic rings. The summed E-state index contributed by atoms with van der Waals surface area (Å²) in [5, 5.41) is 6.71. The first-order valence-corrected chi connectivity index (χ1v) is 7.98. The molecule has 5 heteroatoms. The number of hydrogen-bond acceptors (Lipinski definition) is 4. The minimum absolute atomic E-state index is 0.177. The van der Waals surface area contributed by atoms with Gasteiger partial charge in [-0.3, -0.25) is 0 Å². The highest BCUT2D eigenvalue weighted by molar-refractivity contribution is 9.10. The maximum atomic E-state index is 4.32. The van der Waals surface area contributed by atoms with E-state index in [4.69, 9.17) is 0 Å². The Labute approximate surface area is 134 Å². The van der Waals surface area contributed by atoms with Gasteiger partial charge in [-0.25, -0.2) is 9.97 Å². The fourth-order valence-electron chi connectivity index (χ4n) is 1.98. The van der Waals surface area contributed by atoms with Crippen molar-refractivity contribution in [2.45, 2.75) is 33.2 Å². The zero-order valence-electron chi connectivity index (χ0n) is 12.7. The molecule has 0 spiro atoms. The molecule has 2 aromatic rings. The van der Waals surface area contributed by atoms with Gasteiger partial charge in [0.15, 0.2) is 0 Å². The van der Waals surface area contributed by atoms with Crippen LogP contribution in [-0.4, -0.2) is 16.5 Å². The monoisotopic (exact) mass is 348 g/mol. The molecule has 112 valence electrons. The van der Waals surface area contributed by atoms with Crippen LogP contribution in [0.5, 0.6) is 0 Å². The summed E-state index contributed by atoms with van der Waals surface area (Å²) in [6, 6.07) is 8.69. The Bertz CT molecular complexity index is 583. The summed E-state index contributed by atoms with van der Waals surface area (Å²) in [5.41, 5.74) is 2.49. The molecule has 1 heterocycles. The lowest BCUT2D eigenvalue weighted by molar-refractivity contribution is 0.868. The molecular formula is C16H21BrN4. The van der Waals surface area contributed by atoms with Gasteiger partial charge in [-0.05, 0) is 41.8 Å². The minimum Gasteiger partial charge on any atom is -0.369 e. The number of anilines is 2. The Morgan fingerprint density at radius 3 is 2.48 bits per heavy atom. The SMILES string of the molecule is CCCNc1ncnc(NC(C)c2ccc(C)cc2)c1Br. The molecule has 0 saturated carbocycles. The van der Waals surface area contributed by atoms with Crippen molar-refractivity contribution >= 4 is 27.6 Å². The molecule has 0 aliphatic carbocycles. The fourth-order valence-corrected chi connectivity index (χ4v) is 2.44. The van der Waals surface area contributed by atoms with E-state index < -0.39 is 0 Å². The van der Waals surface area contributed by atoms with Crippen molar-refractivity contribution in [3.63, 3.8) is 0 Å². The number of benzene rings is 1. The number of aryl methyl sites for hydroxylation is 1. The number of aromatic nitrogens is 2. The van der Waals surface area contributed by atoms with Crippen LogP contribution in [0.3, 0.4) is 0 Å². The highest BCUT2D eigenvalue weighted by Gasteiger charge is 2.12. The topological polar surface area (TPSA) is 49.8 Å². The maximum absolute atomic E-state index is 4.32. The van der Waals surface area contributed by atoms with Crippen LogP contribution in [0.15, 0.2) is 35.1 Å². The van der Waals surface area contributed by atoms with E-state index in [2.05, 4.69) is 81.6 Å². The standard InChI is InChI=1S/C16H21BrN4/c1-4-9-18-15-14(17)16(20-10-19-15)21-12(3)13-7-5-11(2)6-8-13/h5-8,10,12H,4,9H2,1-3H3,(H2,18,19,20,21). The van der Waals surface area contributed by atoms with Crippen molar-refractivity contribution in [3.8, 4) is 0 Å². The lowest BCUT2D eigenvalue weighted by Gasteiger charge is -2.17. The van der Waals surface area contributed by atoms with Crippen molar-refractivity contribution in [3.05, 3.63) is 46.2 Å². The molecule has 4 nitrogen and oxygen atoms in total. The van der Waals surface area contributed by atoms with Gasteiger partial charge in [0, 0.05) is 12.6 Å². The van der Waals surface area contributed by atoms with Crippen LogP contribution in [0.25, 0.3) is 0 Å². The molecule has 0 saturated heterocycles. The lowest BCUT2D eigenvalue weighted by atomic mass is 10.1. The third-order valence-electron chi connectivity index (χ3n) is 3.26. The Hall–Kier alpha value is -1.62. The summed E-state index contributed by atoms with van der Waals surface area (Å²) < 4.78 is 0.873. The lowest BCUT2D eigenvalue weighted by Crippen LogP contribution is -2.10. The number of halogens is 1. The number of nitrogens with zero attached hydrogens (tertiary/aromatic N) is 2. The first kappa shape index (κ1) is 15.8. The smallest absolute Gasteiger partial charge is 0.146 e. The highest BCUT2D eigenvalue weighted by Crippen LogP contribution is 2.29. The molecule has 2 rings (SSSR count). The first-order valence-electron chi connectivity index (χ1n) is 7.19. The number of rotatable bonds is 6. The zero-order chi connectivity index (χ0) is 15.2. The van der Waals surface area contributed by atoms with E-state index in [9.17, 15) is 0 Å². The third-order valence-corrected chi connectivity index (χ3v) is 4.01. The summed E-state index contributed by atoms with van der Waals surface area (Å²) >= 11 is 3.57. The zero-order valence-corrected chi connectivity index (χ0v) is 14.2. The summed E-state index contributed by atoms with van der Waals surface area (Å²) in [6.45, 7) is 7.23. The van der Waals surface area contributed by atoms with E-state index in [0.29, 0.717) is 0 Å². The van der Waals surface area contributed by atoms with Gasteiger partial charge in [-0.1, -0.05) is 36.8 Å². The third kappa shape index (κ3) is 4.17. The van der Waals surface area contributed by atoms with E-state index in [0.717, 1.165) is 29.1 Å². The molecule has 0 radical (unpaired) electrons. The van der Waals surface area contributed by atoms with Crippen molar-refractivity contribution in [2.75, 3.05) is 17.2 Å². The van der Waals surface area contributed by atoms with Crippen molar-refractivity contribution in [2.24, 2.45) is 0 Å². The van der Waals surface area contributed by atoms with Crippen molar-refractivity contribution in [1.82, 2.24) is 9.97 Å². The molecule has 1 atom stereocenters. The van der Waals surface area contributed by atoms with Crippen LogP contribution in [0.1, 0.15) is 37.4 Å². The summed E-state index contributed by atoms with van der Waals surface area (Å²) in [7, 11) is 0. The van der Waals surface area contributed by atoms with E-state index >= 15 is 0 Å². The van der Waals surface area contributed by atoms with Crippen LogP contribution < -0.4 is 10.6 Å².